The molecule has 1 aliphatic rings. The summed E-state index contributed by atoms with van der Waals surface area (Å²) in [6.45, 7) is 8.47. The maximum Gasteiger partial charge on any atom is 0.317 e. The molecule has 4 rings (SSSR count). The normalized spacial score (nSPS) is 16.1. The van der Waals surface area contributed by atoms with Gasteiger partial charge in [0.2, 0.25) is 0 Å². The van der Waals surface area contributed by atoms with E-state index >= 15 is 0 Å². The highest BCUT2D eigenvalue weighted by molar-refractivity contribution is 7.10. The molecular formula is C24H33N5O2S. The van der Waals surface area contributed by atoms with Gasteiger partial charge < -0.3 is 15.4 Å². The quantitative estimate of drug-likeness (QED) is 0.542. The van der Waals surface area contributed by atoms with Gasteiger partial charge in [0.05, 0.1) is 18.0 Å². The summed E-state index contributed by atoms with van der Waals surface area (Å²) in [6.07, 6.45) is 1.31. The van der Waals surface area contributed by atoms with Gasteiger partial charge in [-0.05, 0) is 42.5 Å². The lowest BCUT2D eigenvalue weighted by molar-refractivity contribution is 0.160. The molecule has 0 radical (unpaired) electrons. The first-order valence-corrected chi connectivity index (χ1v) is 11.8. The van der Waals surface area contributed by atoms with Crippen LogP contribution in [-0.4, -0.2) is 54.1 Å². The summed E-state index contributed by atoms with van der Waals surface area (Å²) >= 11 is 1.89. The van der Waals surface area contributed by atoms with Crippen molar-refractivity contribution in [2.45, 2.75) is 32.1 Å². The number of likely N-dealkylation sites (tertiary alicyclic amines) is 1. The molecule has 0 aliphatic carbocycles. The number of anilines is 1. The molecule has 2 amide bonds. The zero-order chi connectivity index (χ0) is 22.9. The summed E-state index contributed by atoms with van der Waals surface area (Å²) in [4.78, 5) is 15.0. The highest BCUT2D eigenvalue weighted by Gasteiger charge is 2.23. The molecule has 3 heterocycles. The van der Waals surface area contributed by atoms with E-state index in [2.05, 4.69) is 32.8 Å². The predicted octanol–water partition coefficient (Wildman–Crippen LogP) is 4.67. The number of thiophene rings is 1. The molecule has 172 valence electrons. The van der Waals surface area contributed by atoms with Gasteiger partial charge in [-0.3, -0.25) is 5.32 Å². The summed E-state index contributed by atoms with van der Waals surface area (Å²) in [5, 5.41) is 9.24. The Hall–Kier alpha value is -2.68. The zero-order valence-electron chi connectivity index (χ0n) is 19.0. The second-order valence-corrected chi connectivity index (χ2v) is 9.12. The van der Waals surface area contributed by atoms with Gasteiger partial charge in [0.15, 0.2) is 0 Å². The molecule has 0 saturated carbocycles. The minimum absolute atomic E-state index is 0.281. The van der Waals surface area contributed by atoms with Crippen LogP contribution in [0.25, 0.3) is 5.69 Å². The molecule has 2 aromatic heterocycles. The van der Waals surface area contributed by atoms with E-state index in [1.54, 1.807) is 16.7 Å². The number of urea groups is 1. The van der Waals surface area contributed by atoms with Gasteiger partial charge in [0.25, 0.3) is 0 Å². The predicted molar refractivity (Wildman–Crippen MR) is 131 cm³/mol. The largest absolute Gasteiger partial charge is 0.383 e. The van der Waals surface area contributed by atoms with Gasteiger partial charge >= 0.3 is 6.03 Å². The third-order valence-electron chi connectivity index (χ3n) is 5.40. The van der Waals surface area contributed by atoms with E-state index in [9.17, 15) is 4.79 Å². The number of methoxy groups -OCH3 is 1. The minimum Gasteiger partial charge on any atom is -0.383 e. The first-order chi connectivity index (χ1) is 15.5. The highest BCUT2D eigenvalue weighted by Crippen LogP contribution is 2.29. The van der Waals surface area contributed by atoms with Crippen molar-refractivity contribution in [2.75, 3.05) is 38.7 Å². The molecule has 1 saturated heterocycles. The van der Waals surface area contributed by atoms with E-state index in [-0.39, 0.29) is 5.92 Å². The second-order valence-electron chi connectivity index (χ2n) is 8.14. The molecule has 1 atom stereocenters. The maximum atomic E-state index is 11.0. The van der Waals surface area contributed by atoms with Crippen molar-refractivity contribution in [1.29, 1.82) is 0 Å². The van der Waals surface area contributed by atoms with Gasteiger partial charge in [-0.25, -0.2) is 9.48 Å². The molecule has 1 aliphatic heterocycles. The lowest BCUT2D eigenvalue weighted by atomic mass is 10.1. The highest BCUT2D eigenvalue weighted by atomic mass is 32.1. The van der Waals surface area contributed by atoms with Crippen molar-refractivity contribution in [3.63, 3.8) is 0 Å². The smallest absolute Gasteiger partial charge is 0.317 e. The van der Waals surface area contributed by atoms with Gasteiger partial charge in [-0.15, -0.1) is 11.3 Å². The van der Waals surface area contributed by atoms with Crippen LogP contribution in [0.5, 0.6) is 0 Å². The van der Waals surface area contributed by atoms with Crippen molar-refractivity contribution >= 4 is 23.2 Å². The van der Waals surface area contributed by atoms with Gasteiger partial charge in [0.1, 0.15) is 5.82 Å². The third-order valence-corrected chi connectivity index (χ3v) is 6.44. The monoisotopic (exact) mass is 455 g/mol. The number of para-hydroxylation sites is 1. The number of carbonyl (C=O) groups excluding carboxylic acids is 1. The van der Waals surface area contributed by atoms with Crippen molar-refractivity contribution in [2.24, 2.45) is 5.73 Å². The number of ether oxygens (including phenoxy) is 1. The molecule has 1 aromatic carbocycles. The molecule has 32 heavy (non-hydrogen) atoms. The summed E-state index contributed by atoms with van der Waals surface area (Å²) in [6, 6.07) is 15.3. The number of amides is 2. The van der Waals surface area contributed by atoms with Crippen molar-refractivity contribution in [3.05, 3.63) is 64.5 Å². The van der Waals surface area contributed by atoms with Gasteiger partial charge in [0, 0.05) is 37.1 Å². The molecule has 0 bridgehead atoms. The average molecular weight is 456 g/mol. The number of primary amides is 1. The topological polar surface area (TPSA) is 85.4 Å². The SMILES string of the molecule is CC(C)c1cc(NC(N)=O)n(-c2ccccc2)n1.COCCN1CCC(c2cccs2)C1. The number of nitrogens with one attached hydrogen (secondary N) is 1. The number of carbonyl (C=O) groups is 1. The number of nitrogens with zero attached hydrogens (tertiary/aromatic N) is 3. The average Bonchev–Trinajstić information content (AvgIpc) is 3.53. The molecule has 0 spiro atoms. The lowest BCUT2D eigenvalue weighted by Crippen LogP contribution is -2.24. The fourth-order valence-corrected chi connectivity index (χ4v) is 4.53. The molecule has 1 fully saturated rings. The molecule has 7 nitrogen and oxygen atoms in total. The Morgan fingerprint density at radius 2 is 2.06 bits per heavy atom. The molecule has 1 unspecified atom stereocenters. The first-order valence-electron chi connectivity index (χ1n) is 10.9. The molecule has 3 N–H and O–H groups in total. The number of hydrogen-bond donors (Lipinski definition) is 2. The number of nitrogens with two attached hydrogens (primary N) is 1. The summed E-state index contributed by atoms with van der Waals surface area (Å²) in [7, 11) is 1.77. The Morgan fingerprint density at radius 3 is 2.69 bits per heavy atom. The lowest BCUT2D eigenvalue weighted by Gasteiger charge is -2.14. The van der Waals surface area contributed by atoms with Crippen LogP contribution < -0.4 is 11.1 Å². The Labute approximate surface area is 194 Å². The number of aromatic nitrogens is 2. The fraction of sp³-hybridized carbons (Fsp3) is 0.417. The molecule has 8 heteroatoms. The summed E-state index contributed by atoms with van der Waals surface area (Å²) in [5.74, 6) is 1.63. The van der Waals surface area contributed by atoms with Crippen LogP contribution in [0.1, 0.15) is 42.7 Å². The number of benzene rings is 1. The van der Waals surface area contributed by atoms with Crippen LogP contribution in [0.3, 0.4) is 0 Å². The van der Waals surface area contributed by atoms with Crippen molar-refractivity contribution in [3.8, 4) is 5.69 Å². The van der Waals surface area contributed by atoms with E-state index in [4.69, 9.17) is 10.5 Å². The van der Waals surface area contributed by atoms with Gasteiger partial charge in [-0.2, -0.15) is 5.10 Å². The van der Waals surface area contributed by atoms with Crippen LogP contribution in [0.2, 0.25) is 0 Å². The summed E-state index contributed by atoms with van der Waals surface area (Å²) < 4.78 is 6.77. The van der Waals surface area contributed by atoms with Crippen LogP contribution in [0.4, 0.5) is 10.6 Å². The van der Waals surface area contributed by atoms with Crippen LogP contribution in [-0.2, 0) is 4.74 Å². The summed E-state index contributed by atoms with van der Waals surface area (Å²) in [5.41, 5.74) is 6.95. The van der Waals surface area contributed by atoms with Crippen molar-refractivity contribution in [1.82, 2.24) is 14.7 Å². The van der Waals surface area contributed by atoms with E-state index in [0.717, 1.165) is 30.5 Å². The molecular weight excluding hydrogens is 422 g/mol. The number of hydrogen-bond acceptors (Lipinski definition) is 5. The third kappa shape index (κ3) is 6.66. The minimum atomic E-state index is -0.595. The van der Waals surface area contributed by atoms with E-state index < -0.39 is 6.03 Å². The van der Waals surface area contributed by atoms with E-state index in [1.807, 2.05) is 61.6 Å². The standard InChI is InChI=1S/C13H16N4O.C11H17NOS/c1-9(2)11-8-12(15-13(14)18)17(16-11)10-6-4-3-5-7-10;1-13-7-6-12-5-4-10(9-12)11-3-2-8-14-11/h3-9H,1-2H3,(H3,14,15,18);2-3,8,10H,4-7,9H2,1H3. The zero-order valence-corrected chi connectivity index (χ0v) is 19.8. The van der Waals surface area contributed by atoms with Gasteiger partial charge in [-0.1, -0.05) is 38.1 Å². The van der Waals surface area contributed by atoms with Crippen LogP contribution >= 0.6 is 11.3 Å². The Morgan fingerprint density at radius 1 is 1.28 bits per heavy atom. The number of rotatable bonds is 7. The van der Waals surface area contributed by atoms with E-state index in [1.165, 1.54) is 19.5 Å². The first kappa shape index (κ1) is 24.0. The fourth-order valence-electron chi connectivity index (χ4n) is 3.67. The van der Waals surface area contributed by atoms with Crippen LogP contribution in [0.15, 0.2) is 53.9 Å². The Balaban J connectivity index is 0.000000186. The van der Waals surface area contributed by atoms with E-state index in [0.29, 0.717) is 5.82 Å². The van der Waals surface area contributed by atoms with Crippen LogP contribution in [0, 0.1) is 0 Å². The molecule has 3 aromatic rings. The van der Waals surface area contributed by atoms with Crippen molar-refractivity contribution < 1.29 is 9.53 Å². The maximum absolute atomic E-state index is 11.0. The Kier molecular flexibility index (Phi) is 8.84. The Bertz CT molecular complexity index is 956. The second kappa shape index (κ2) is 11.8.